The standard InChI is InChI=1S/C20H17F4N3O7S/c21-15-4-17(16(3-12(15)5-25)33-11-20(22,23)24)34-18-7-27(9-19(18,30)10-29)35(31,32)14-2-1-13(8-28)26-6-14/h1-4,6,8,18,29-30H,7,9-11H2/t18-,19+/m0/s1. The first-order valence-electron chi connectivity index (χ1n) is 9.67. The molecule has 1 aliphatic rings. The van der Waals surface area contributed by atoms with Gasteiger partial charge in [-0.3, -0.25) is 9.78 Å². The number of aromatic nitrogens is 1. The van der Waals surface area contributed by atoms with E-state index in [4.69, 9.17) is 10.00 Å². The van der Waals surface area contributed by atoms with Gasteiger partial charge in [-0.15, -0.1) is 0 Å². The van der Waals surface area contributed by atoms with Gasteiger partial charge in [0.25, 0.3) is 0 Å². The summed E-state index contributed by atoms with van der Waals surface area (Å²) in [5.74, 6) is -2.51. The Morgan fingerprint density at radius 1 is 1.31 bits per heavy atom. The van der Waals surface area contributed by atoms with E-state index >= 15 is 0 Å². The minimum atomic E-state index is -4.78. The molecule has 0 spiro atoms. The Labute approximate surface area is 196 Å². The van der Waals surface area contributed by atoms with Crippen molar-refractivity contribution in [1.29, 1.82) is 5.26 Å². The molecular weight excluding hydrogens is 502 g/mol. The first-order valence-corrected chi connectivity index (χ1v) is 11.1. The monoisotopic (exact) mass is 519 g/mol. The number of hydrogen-bond donors (Lipinski definition) is 2. The number of hydrogen-bond acceptors (Lipinski definition) is 9. The molecule has 2 atom stereocenters. The zero-order valence-electron chi connectivity index (χ0n) is 17.6. The Kier molecular flexibility index (Phi) is 7.31. The fourth-order valence-corrected chi connectivity index (χ4v) is 4.66. The van der Waals surface area contributed by atoms with Gasteiger partial charge < -0.3 is 19.7 Å². The van der Waals surface area contributed by atoms with Crippen LogP contribution in [0.5, 0.6) is 11.5 Å². The molecule has 0 unspecified atom stereocenters. The van der Waals surface area contributed by atoms with Crippen LogP contribution in [-0.4, -0.2) is 78.4 Å². The molecule has 1 fully saturated rings. The quantitative estimate of drug-likeness (QED) is 0.385. The van der Waals surface area contributed by atoms with Crippen molar-refractivity contribution in [3.05, 3.63) is 47.5 Å². The van der Waals surface area contributed by atoms with Crippen LogP contribution in [0.1, 0.15) is 16.1 Å². The fraction of sp³-hybridized carbons (Fsp3) is 0.350. The highest BCUT2D eigenvalue weighted by Crippen LogP contribution is 2.36. The largest absolute Gasteiger partial charge is 0.482 e. The highest BCUT2D eigenvalue weighted by atomic mass is 32.2. The molecule has 1 aromatic heterocycles. The molecule has 35 heavy (non-hydrogen) atoms. The number of rotatable bonds is 8. The number of benzene rings is 1. The number of aliphatic hydroxyl groups is 2. The number of nitrogens with zero attached hydrogens (tertiary/aromatic N) is 3. The Hall–Kier alpha value is -3.32. The molecule has 0 radical (unpaired) electrons. The van der Waals surface area contributed by atoms with E-state index in [9.17, 15) is 41.0 Å². The van der Waals surface area contributed by atoms with Crippen LogP contribution in [0.3, 0.4) is 0 Å². The second-order valence-corrected chi connectivity index (χ2v) is 9.43. The molecule has 1 aromatic carbocycles. The van der Waals surface area contributed by atoms with Crippen LogP contribution >= 0.6 is 0 Å². The van der Waals surface area contributed by atoms with Crippen molar-refractivity contribution in [2.75, 3.05) is 26.3 Å². The lowest BCUT2D eigenvalue weighted by Crippen LogP contribution is -2.48. The number of sulfonamides is 1. The smallest absolute Gasteiger partial charge is 0.422 e. The Morgan fingerprint density at radius 2 is 2.03 bits per heavy atom. The first-order chi connectivity index (χ1) is 16.3. The number of aldehydes is 1. The maximum absolute atomic E-state index is 14.2. The van der Waals surface area contributed by atoms with Crippen molar-refractivity contribution in [3.63, 3.8) is 0 Å². The number of carbonyl (C=O) groups is 1. The second kappa shape index (κ2) is 9.74. The lowest BCUT2D eigenvalue weighted by Gasteiger charge is -2.28. The van der Waals surface area contributed by atoms with Crippen molar-refractivity contribution in [3.8, 4) is 17.6 Å². The second-order valence-electron chi connectivity index (χ2n) is 7.50. The summed E-state index contributed by atoms with van der Waals surface area (Å²) in [4.78, 5) is 14.1. The lowest BCUT2D eigenvalue weighted by atomic mass is 10.0. The summed E-state index contributed by atoms with van der Waals surface area (Å²) < 4.78 is 88.8. The topological polar surface area (TPSA) is 150 Å². The third-order valence-electron chi connectivity index (χ3n) is 5.02. The van der Waals surface area contributed by atoms with Crippen molar-refractivity contribution < 1.29 is 50.5 Å². The molecule has 0 saturated carbocycles. The third-order valence-corrected chi connectivity index (χ3v) is 6.82. The van der Waals surface area contributed by atoms with Gasteiger partial charge in [0.15, 0.2) is 24.4 Å². The van der Waals surface area contributed by atoms with Gasteiger partial charge >= 0.3 is 6.18 Å². The van der Waals surface area contributed by atoms with Crippen LogP contribution in [0.4, 0.5) is 17.6 Å². The fourth-order valence-electron chi connectivity index (χ4n) is 3.21. The zero-order valence-corrected chi connectivity index (χ0v) is 18.4. The first kappa shape index (κ1) is 26.3. The minimum Gasteiger partial charge on any atom is -0.482 e. The van der Waals surface area contributed by atoms with Crippen LogP contribution in [0.25, 0.3) is 0 Å². The Balaban J connectivity index is 1.92. The summed E-state index contributed by atoms with van der Waals surface area (Å²) in [5.41, 5.74) is -2.92. The van der Waals surface area contributed by atoms with Crippen molar-refractivity contribution in [2.45, 2.75) is 22.8 Å². The minimum absolute atomic E-state index is 0.0346. The molecule has 2 heterocycles. The van der Waals surface area contributed by atoms with Gasteiger partial charge in [0, 0.05) is 24.9 Å². The van der Waals surface area contributed by atoms with Crippen molar-refractivity contribution in [2.24, 2.45) is 0 Å². The van der Waals surface area contributed by atoms with Crippen LogP contribution in [0, 0.1) is 17.1 Å². The van der Waals surface area contributed by atoms with E-state index in [0.29, 0.717) is 18.4 Å². The highest BCUT2D eigenvalue weighted by molar-refractivity contribution is 7.89. The van der Waals surface area contributed by atoms with Crippen molar-refractivity contribution in [1.82, 2.24) is 9.29 Å². The number of carbonyl (C=O) groups excluding carboxylic acids is 1. The molecule has 0 aliphatic carbocycles. The Bertz CT molecular complexity index is 1250. The molecule has 2 N–H and O–H groups in total. The molecule has 1 aliphatic heterocycles. The normalized spacial score (nSPS) is 20.9. The van der Waals surface area contributed by atoms with Gasteiger partial charge in [-0.2, -0.15) is 22.7 Å². The zero-order chi connectivity index (χ0) is 26.0. The SMILES string of the molecule is N#Cc1cc(OCC(F)(F)F)c(O[C@H]2CN(S(=O)(=O)c3ccc(C=O)nc3)C[C@@]2(O)CO)cc1F. The summed E-state index contributed by atoms with van der Waals surface area (Å²) in [5, 5.41) is 29.5. The van der Waals surface area contributed by atoms with Gasteiger partial charge in [-0.1, -0.05) is 0 Å². The number of halogens is 4. The lowest BCUT2D eigenvalue weighted by molar-refractivity contribution is -0.153. The van der Waals surface area contributed by atoms with Crippen molar-refractivity contribution >= 4 is 16.3 Å². The van der Waals surface area contributed by atoms with Gasteiger partial charge in [0.2, 0.25) is 10.0 Å². The summed E-state index contributed by atoms with van der Waals surface area (Å²) in [7, 11) is -4.32. The van der Waals surface area contributed by atoms with Gasteiger partial charge in [0.1, 0.15) is 34.2 Å². The third kappa shape index (κ3) is 5.68. The summed E-state index contributed by atoms with van der Waals surface area (Å²) >= 11 is 0. The molecule has 3 rings (SSSR count). The van der Waals surface area contributed by atoms with E-state index in [1.54, 1.807) is 0 Å². The molecule has 1 saturated heterocycles. The Morgan fingerprint density at radius 3 is 2.57 bits per heavy atom. The van der Waals surface area contributed by atoms with Gasteiger partial charge in [-0.05, 0) is 12.1 Å². The summed E-state index contributed by atoms with van der Waals surface area (Å²) in [6.07, 6.45) is -5.05. The van der Waals surface area contributed by atoms with Crippen LogP contribution in [0.2, 0.25) is 0 Å². The maximum atomic E-state index is 14.2. The number of alkyl halides is 3. The maximum Gasteiger partial charge on any atom is 0.422 e. The van der Waals surface area contributed by atoms with Crippen LogP contribution in [-0.2, 0) is 10.0 Å². The number of aliphatic hydroxyl groups excluding tert-OH is 1. The van der Waals surface area contributed by atoms with Gasteiger partial charge in [-0.25, -0.2) is 12.8 Å². The number of β-amino-alcohol motifs (C(OH)–C–C–N with tert-alkyl or cyclic N) is 1. The molecule has 2 aromatic rings. The molecule has 10 nitrogen and oxygen atoms in total. The predicted molar refractivity (Wildman–Crippen MR) is 107 cm³/mol. The summed E-state index contributed by atoms with van der Waals surface area (Å²) in [6, 6.07) is 4.90. The summed E-state index contributed by atoms with van der Waals surface area (Å²) in [6.45, 7) is -4.12. The molecule has 0 amide bonds. The van der Waals surface area contributed by atoms with Gasteiger partial charge in [0.05, 0.1) is 18.7 Å². The predicted octanol–water partition coefficient (Wildman–Crippen LogP) is 1.02. The number of pyridine rings is 1. The van der Waals surface area contributed by atoms with E-state index in [0.717, 1.165) is 22.6 Å². The number of ether oxygens (including phenoxy) is 2. The van der Waals surface area contributed by atoms with E-state index < -0.39 is 77.1 Å². The van der Waals surface area contributed by atoms with Crippen LogP contribution < -0.4 is 9.47 Å². The molecule has 188 valence electrons. The van der Waals surface area contributed by atoms with E-state index in [-0.39, 0.29) is 10.6 Å². The van der Waals surface area contributed by atoms with Crippen LogP contribution in [0.15, 0.2) is 35.4 Å². The number of nitriles is 1. The average Bonchev–Trinajstić information content (AvgIpc) is 3.15. The van der Waals surface area contributed by atoms with E-state index in [1.807, 2.05) is 0 Å². The molecule has 0 bridgehead atoms. The highest BCUT2D eigenvalue weighted by Gasteiger charge is 2.51. The van der Waals surface area contributed by atoms with E-state index in [1.165, 1.54) is 6.07 Å². The molecule has 15 heteroatoms. The van der Waals surface area contributed by atoms with E-state index in [2.05, 4.69) is 9.72 Å². The average molecular weight is 519 g/mol. The molecular formula is C20H17F4N3O7S.